The van der Waals surface area contributed by atoms with E-state index in [2.05, 4.69) is 10.6 Å². The maximum Gasteiger partial charge on any atom is 0.323 e. The standard InChI is InChI=1S/C14H12FN3O4/c1-22-11-6-7-12(13(8-11)18(20)21)17-14(19)16-10-4-2-9(15)3-5-10/h2-8H,1H3,(H2,16,17,19). The predicted molar refractivity (Wildman–Crippen MR) is 78.7 cm³/mol. The number of rotatable bonds is 4. The number of hydrogen-bond donors (Lipinski definition) is 2. The van der Waals surface area contributed by atoms with Gasteiger partial charge in [-0.05, 0) is 36.4 Å². The van der Waals surface area contributed by atoms with E-state index < -0.39 is 16.8 Å². The molecule has 114 valence electrons. The summed E-state index contributed by atoms with van der Waals surface area (Å²) in [6.45, 7) is 0. The van der Waals surface area contributed by atoms with E-state index in [0.717, 1.165) is 0 Å². The number of nitro benzene ring substituents is 1. The van der Waals surface area contributed by atoms with Crippen molar-refractivity contribution in [2.45, 2.75) is 0 Å². The number of nitro groups is 1. The van der Waals surface area contributed by atoms with Crippen LogP contribution in [-0.2, 0) is 0 Å². The van der Waals surface area contributed by atoms with Gasteiger partial charge in [-0.15, -0.1) is 0 Å². The zero-order valence-electron chi connectivity index (χ0n) is 11.5. The number of nitrogens with zero attached hydrogens (tertiary/aromatic N) is 1. The van der Waals surface area contributed by atoms with Crippen molar-refractivity contribution in [1.82, 2.24) is 0 Å². The van der Waals surface area contributed by atoms with Gasteiger partial charge in [0, 0.05) is 5.69 Å². The van der Waals surface area contributed by atoms with Crippen molar-refractivity contribution in [1.29, 1.82) is 0 Å². The first-order chi connectivity index (χ1) is 10.5. The molecular formula is C14H12FN3O4. The Morgan fingerprint density at radius 1 is 1.18 bits per heavy atom. The number of amides is 2. The van der Waals surface area contributed by atoms with E-state index in [1.165, 1.54) is 49.6 Å². The summed E-state index contributed by atoms with van der Waals surface area (Å²) in [4.78, 5) is 22.2. The predicted octanol–water partition coefficient (Wildman–Crippen LogP) is 3.39. The molecule has 2 aromatic rings. The van der Waals surface area contributed by atoms with Gasteiger partial charge in [-0.3, -0.25) is 10.1 Å². The molecule has 0 fully saturated rings. The Hall–Kier alpha value is -3.16. The van der Waals surface area contributed by atoms with E-state index in [1.54, 1.807) is 0 Å². The Labute approximate surface area is 124 Å². The average Bonchev–Trinajstić information content (AvgIpc) is 2.49. The molecule has 2 amide bonds. The number of urea groups is 1. The number of methoxy groups -OCH3 is 1. The van der Waals surface area contributed by atoms with Crippen LogP contribution in [0, 0.1) is 15.9 Å². The largest absolute Gasteiger partial charge is 0.496 e. The van der Waals surface area contributed by atoms with Gasteiger partial charge in [-0.2, -0.15) is 0 Å². The Balaban J connectivity index is 2.14. The maximum atomic E-state index is 12.8. The lowest BCUT2D eigenvalue weighted by Gasteiger charge is -2.09. The van der Waals surface area contributed by atoms with Crippen molar-refractivity contribution in [2.24, 2.45) is 0 Å². The molecule has 0 radical (unpaired) electrons. The third kappa shape index (κ3) is 3.69. The van der Waals surface area contributed by atoms with Crippen molar-refractivity contribution >= 4 is 23.1 Å². The van der Waals surface area contributed by atoms with Crippen LogP contribution in [0.3, 0.4) is 0 Å². The molecule has 22 heavy (non-hydrogen) atoms. The van der Waals surface area contributed by atoms with Crippen LogP contribution >= 0.6 is 0 Å². The van der Waals surface area contributed by atoms with E-state index in [4.69, 9.17) is 4.74 Å². The number of ether oxygens (including phenoxy) is 1. The second-order valence-electron chi connectivity index (χ2n) is 4.23. The van der Waals surface area contributed by atoms with E-state index in [1.807, 2.05) is 0 Å². The molecule has 0 spiro atoms. The van der Waals surface area contributed by atoms with Gasteiger partial charge in [0.05, 0.1) is 18.1 Å². The Bertz CT molecular complexity index is 704. The molecular weight excluding hydrogens is 293 g/mol. The molecule has 2 N–H and O–H groups in total. The highest BCUT2D eigenvalue weighted by molar-refractivity contribution is 6.01. The molecule has 0 unspecified atom stereocenters. The molecule has 2 aromatic carbocycles. The Morgan fingerprint density at radius 2 is 1.86 bits per heavy atom. The first-order valence-corrected chi connectivity index (χ1v) is 6.15. The van der Waals surface area contributed by atoms with Gasteiger partial charge in [-0.1, -0.05) is 0 Å². The smallest absolute Gasteiger partial charge is 0.323 e. The fourth-order valence-electron chi connectivity index (χ4n) is 1.71. The summed E-state index contributed by atoms with van der Waals surface area (Å²) in [6, 6.07) is 8.49. The quantitative estimate of drug-likeness (QED) is 0.668. The van der Waals surface area contributed by atoms with Crippen LogP contribution in [0.2, 0.25) is 0 Å². The molecule has 0 atom stereocenters. The minimum Gasteiger partial charge on any atom is -0.496 e. The lowest BCUT2D eigenvalue weighted by molar-refractivity contribution is -0.384. The van der Waals surface area contributed by atoms with E-state index in [0.29, 0.717) is 11.4 Å². The lowest BCUT2D eigenvalue weighted by Crippen LogP contribution is -2.20. The van der Waals surface area contributed by atoms with E-state index >= 15 is 0 Å². The minimum atomic E-state index is -0.681. The van der Waals surface area contributed by atoms with Crippen molar-refractivity contribution < 1.29 is 18.8 Å². The van der Waals surface area contributed by atoms with Gasteiger partial charge in [0.25, 0.3) is 5.69 Å². The normalized spacial score (nSPS) is 9.91. The number of carbonyl (C=O) groups is 1. The van der Waals surface area contributed by atoms with Crippen molar-refractivity contribution in [3.8, 4) is 5.75 Å². The van der Waals surface area contributed by atoms with Gasteiger partial charge >= 0.3 is 6.03 Å². The van der Waals surface area contributed by atoms with Gasteiger partial charge in [0.15, 0.2) is 0 Å². The number of anilines is 2. The molecule has 0 aromatic heterocycles. The van der Waals surface area contributed by atoms with Crippen LogP contribution in [-0.4, -0.2) is 18.1 Å². The van der Waals surface area contributed by atoms with Gasteiger partial charge in [-0.25, -0.2) is 9.18 Å². The van der Waals surface area contributed by atoms with E-state index in [9.17, 15) is 19.3 Å². The van der Waals surface area contributed by atoms with Gasteiger partial charge in [0.2, 0.25) is 0 Å². The SMILES string of the molecule is COc1ccc(NC(=O)Nc2ccc(F)cc2)c([N+](=O)[O-])c1. The molecule has 0 aliphatic carbocycles. The van der Waals surface area contributed by atoms with Crippen molar-refractivity contribution in [2.75, 3.05) is 17.7 Å². The Kier molecular flexibility index (Phi) is 4.52. The molecule has 0 bridgehead atoms. The highest BCUT2D eigenvalue weighted by Gasteiger charge is 2.17. The molecule has 2 rings (SSSR count). The summed E-state index contributed by atoms with van der Waals surface area (Å²) in [5.74, 6) is -0.132. The molecule has 0 heterocycles. The second-order valence-corrected chi connectivity index (χ2v) is 4.23. The third-order valence-electron chi connectivity index (χ3n) is 2.75. The first-order valence-electron chi connectivity index (χ1n) is 6.15. The zero-order chi connectivity index (χ0) is 16.1. The van der Waals surface area contributed by atoms with Crippen molar-refractivity contribution in [3.63, 3.8) is 0 Å². The Morgan fingerprint density at radius 3 is 2.45 bits per heavy atom. The summed E-state index contributed by atoms with van der Waals surface area (Å²) in [7, 11) is 1.38. The van der Waals surface area contributed by atoms with Crippen LogP contribution in [0.5, 0.6) is 5.75 Å². The fraction of sp³-hybridized carbons (Fsp3) is 0.0714. The van der Waals surface area contributed by atoms with Crippen LogP contribution in [0.1, 0.15) is 0 Å². The molecule has 7 nitrogen and oxygen atoms in total. The van der Waals surface area contributed by atoms with Gasteiger partial charge in [0.1, 0.15) is 17.3 Å². The minimum absolute atomic E-state index is 0.0189. The molecule has 0 saturated carbocycles. The number of carbonyl (C=O) groups excluding carboxylic acids is 1. The lowest BCUT2D eigenvalue weighted by atomic mass is 10.2. The second kappa shape index (κ2) is 6.53. The number of benzene rings is 2. The molecule has 0 aliphatic heterocycles. The van der Waals surface area contributed by atoms with Crippen molar-refractivity contribution in [3.05, 3.63) is 58.4 Å². The third-order valence-corrected chi connectivity index (χ3v) is 2.75. The fourth-order valence-corrected chi connectivity index (χ4v) is 1.71. The molecule has 0 aliphatic rings. The zero-order valence-corrected chi connectivity index (χ0v) is 11.5. The summed E-state index contributed by atoms with van der Waals surface area (Å²) in [6.07, 6.45) is 0. The first kappa shape index (κ1) is 15.2. The summed E-state index contributed by atoms with van der Waals surface area (Å²) < 4.78 is 17.7. The van der Waals surface area contributed by atoms with E-state index in [-0.39, 0.29) is 11.4 Å². The average molecular weight is 305 g/mol. The molecule has 0 saturated heterocycles. The highest BCUT2D eigenvalue weighted by Crippen LogP contribution is 2.29. The van der Waals surface area contributed by atoms with Gasteiger partial charge < -0.3 is 15.4 Å². The highest BCUT2D eigenvalue weighted by atomic mass is 19.1. The summed E-state index contributed by atoms with van der Waals surface area (Å²) in [5.41, 5.74) is 0.0779. The van der Waals surface area contributed by atoms with Crippen LogP contribution in [0.25, 0.3) is 0 Å². The maximum absolute atomic E-state index is 12.8. The monoisotopic (exact) mass is 305 g/mol. The topological polar surface area (TPSA) is 93.5 Å². The summed E-state index contributed by atoms with van der Waals surface area (Å²) >= 11 is 0. The van der Waals surface area contributed by atoms with Crippen LogP contribution < -0.4 is 15.4 Å². The molecule has 8 heteroatoms. The summed E-state index contributed by atoms with van der Waals surface area (Å²) in [5, 5.41) is 15.8. The number of nitrogens with one attached hydrogen (secondary N) is 2. The number of halogens is 1. The van der Waals surface area contributed by atoms with Crippen LogP contribution in [0.4, 0.5) is 26.2 Å². The number of hydrogen-bond acceptors (Lipinski definition) is 4. The van der Waals surface area contributed by atoms with Crippen LogP contribution in [0.15, 0.2) is 42.5 Å².